The molecule has 0 spiro atoms. The van der Waals surface area contributed by atoms with Gasteiger partial charge in [-0.2, -0.15) is 5.10 Å². The molecule has 10 heteroatoms. The first-order valence-electron chi connectivity index (χ1n) is 12.6. The Morgan fingerprint density at radius 3 is 2.69 bits per heavy atom. The number of benzene rings is 1. The predicted octanol–water partition coefficient (Wildman–Crippen LogP) is 3.20. The molecular weight excluding hydrogens is 482 g/mol. The van der Waals surface area contributed by atoms with Crippen LogP contribution in [-0.2, 0) is 38.7 Å². The van der Waals surface area contributed by atoms with E-state index in [9.17, 15) is 18.0 Å². The summed E-state index contributed by atoms with van der Waals surface area (Å²) < 4.78 is 37.9. The number of nitrogens with one attached hydrogen (secondary N) is 1. The number of aryl methyl sites for hydroxylation is 1. The quantitative estimate of drug-likeness (QED) is 0.532. The van der Waals surface area contributed by atoms with Crippen molar-refractivity contribution in [3.63, 3.8) is 0 Å². The van der Waals surface area contributed by atoms with E-state index >= 15 is 0 Å². The second-order valence-corrected chi connectivity index (χ2v) is 12.0. The maximum absolute atomic E-state index is 12.9. The molecule has 3 rings (SSSR count). The molecule has 1 amide bonds. The van der Waals surface area contributed by atoms with Gasteiger partial charge >= 0.3 is 5.97 Å². The zero-order chi connectivity index (χ0) is 26.3. The summed E-state index contributed by atoms with van der Waals surface area (Å²) in [5.41, 5.74) is 2.47. The molecule has 0 radical (unpaired) electrons. The van der Waals surface area contributed by atoms with Crippen LogP contribution in [0.4, 0.5) is 0 Å². The molecule has 2 heterocycles. The van der Waals surface area contributed by atoms with Crippen LogP contribution in [0.5, 0.6) is 0 Å². The smallest absolute Gasteiger partial charge is 0.338 e. The van der Waals surface area contributed by atoms with Crippen molar-refractivity contribution in [2.75, 3.05) is 26.4 Å². The van der Waals surface area contributed by atoms with Gasteiger partial charge in [0.2, 0.25) is 0 Å². The van der Waals surface area contributed by atoms with E-state index in [0.717, 1.165) is 24.2 Å². The number of hydrogen-bond donors (Lipinski definition) is 1. The number of nitrogens with zero attached hydrogens (tertiary/aromatic N) is 2. The highest BCUT2D eigenvalue weighted by Crippen LogP contribution is 2.21. The maximum atomic E-state index is 12.9. The molecular formula is C26H37N3O6S. The molecule has 36 heavy (non-hydrogen) atoms. The van der Waals surface area contributed by atoms with Crippen LogP contribution >= 0.6 is 0 Å². The topological polar surface area (TPSA) is 117 Å². The number of carbonyl (C=O) groups is 2. The molecule has 0 bridgehead atoms. The molecule has 1 N–H and O–H groups in total. The lowest BCUT2D eigenvalue weighted by Crippen LogP contribution is -2.27. The normalized spacial score (nSPS) is 16.1. The third kappa shape index (κ3) is 6.73. The van der Waals surface area contributed by atoms with Gasteiger partial charge in [0.1, 0.15) is 0 Å². The Morgan fingerprint density at radius 2 is 1.97 bits per heavy atom. The number of fused-ring (bicyclic) bond motifs is 1. The van der Waals surface area contributed by atoms with Crippen molar-refractivity contribution in [1.29, 1.82) is 0 Å². The Balaban J connectivity index is 1.71. The molecule has 1 aromatic heterocycles. The van der Waals surface area contributed by atoms with Crippen LogP contribution in [0, 0.1) is 5.92 Å². The Hall–Kier alpha value is -2.72. The summed E-state index contributed by atoms with van der Waals surface area (Å²) in [5, 5.41) is 7.10. The van der Waals surface area contributed by atoms with Crippen molar-refractivity contribution >= 4 is 21.7 Å². The van der Waals surface area contributed by atoms with E-state index in [2.05, 4.69) is 5.32 Å². The maximum Gasteiger partial charge on any atom is 0.338 e. The zero-order valence-electron chi connectivity index (χ0n) is 21.6. The Labute approximate surface area is 213 Å². The van der Waals surface area contributed by atoms with Gasteiger partial charge in [-0.1, -0.05) is 19.9 Å². The van der Waals surface area contributed by atoms with E-state index < -0.39 is 21.1 Å². The first kappa shape index (κ1) is 27.9. The van der Waals surface area contributed by atoms with Gasteiger partial charge in [0, 0.05) is 32.2 Å². The number of carbonyl (C=O) groups excluding carboxylic acids is 2. The first-order valence-corrected chi connectivity index (χ1v) is 14.1. The van der Waals surface area contributed by atoms with Crippen LogP contribution in [0.25, 0.3) is 0 Å². The number of hydrogen-bond acceptors (Lipinski definition) is 7. The van der Waals surface area contributed by atoms with E-state index in [4.69, 9.17) is 14.6 Å². The van der Waals surface area contributed by atoms with Crippen molar-refractivity contribution in [3.05, 3.63) is 46.8 Å². The molecule has 0 saturated carbocycles. The monoisotopic (exact) mass is 519 g/mol. The standard InChI is InChI=1S/C26H37N3O6S/c1-5-22-24-23(11-7-13-34-14-8-12-27-25(24)30)29(28-22)16-19(4)17-35-26(31)20-9-6-10-21(15-20)36(32,33)18(2)3/h6,9-10,15,18-19H,5,7-8,11-14,16-17H2,1-4H3,(H,27,30)/t19-/m1/s1. The summed E-state index contributed by atoms with van der Waals surface area (Å²) in [6.07, 6.45) is 2.86. The average molecular weight is 520 g/mol. The van der Waals surface area contributed by atoms with Gasteiger partial charge in [-0.3, -0.25) is 9.48 Å². The molecule has 2 aromatic rings. The lowest BCUT2D eigenvalue weighted by molar-refractivity contribution is 0.0435. The van der Waals surface area contributed by atoms with Crippen molar-refractivity contribution in [1.82, 2.24) is 15.1 Å². The van der Waals surface area contributed by atoms with E-state index in [1.165, 1.54) is 12.1 Å². The summed E-state index contributed by atoms with van der Waals surface area (Å²) in [4.78, 5) is 25.7. The number of aromatic nitrogens is 2. The SMILES string of the molecule is CCc1nn(C[C@@H](C)COC(=O)c2cccc(S(=O)(=O)C(C)C)c2)c2c1C(=O)NCCCOCCC2. The van der Waals surface area contributed by atoms with Crippen LogP contribution in [0.1, 0.15) is 72.6 Å². The molecule has 1 atom stereocenters. The van der Waals surface area contributed by atoms with Crippen molar-refractivity contribution in [3.8, 4) is 0 Å². The highest BCUT2D eigenvalue weighted by Gasteiger charge is 2.24. The molecule has 0 aliphatic carbocycles. The molecule has 9 nitrogen and oxygen atoms in total. The van der Waals surface area contributed by atoms with Gasteiger partial charge in [0.25, 0.3) is 5.91 Å². The molecule has 1 aliphatic heterocycles. The van der Waals surface area contributed by atoms with Crippen molar-refractivity contribution in [2.24, 2.45) is 5.92 Å². The van der Waals surface area contributed by atoms with E-state index in [1.807, 2.05) is 18.5 Å². The zero-order valence-corrected chi connectivity index (χ0v) is 22.4. The fourth-order valence-corrected chi connectivity index (χ4v) is 5.20. The molecule has 198 valence electrons. The summed E-state index contributed by atoms with van der Waals surface area (Å²) in [6.45, 7) is 9.54. The Bertz CT molecular complexity index is 1170. The molecule has 0 unspecified atom stereocenters. The minimum absolute atomic E-state index is 0.0808. The third-order valence-corrected chi connectivity index (χ3v) is 8.30. The van der Waals surface area contributed by atoms with Crippen LogP contribution in [0.2, 0.25) is 0 Å². The molecule has 0 saturated heterocycles. The van der Waals surface area contributed by atoms with Crippen LogP contribution in [-0.4, -0.2) is 61.7 Å². The van der Waals surface area contributed by atoms with Gasteiger partial charge in [0.05, 0.1) is 39.3 Å². The number of sulfone groups is 1. The molecule has 1 aromatic carbocycles. The number of rotatable bonds is 8. The minimum Gasteiger partial charge on any atom is -0.462 e. The van der Waals surface area contributed by atoms with Crippen molar-refractivity contribution in [2.45, 2.75) is 70.1 Å². The summed E-state index contributed by atoms with van der Waals surface area (Å²) >= 11 is 0. The van der Waals surface area contributed by atoms with Gasteiger partial charge < -0.3 is 14.8 Å². The van der Waals surface area contributed by atoms with E-state index in [-0.39, 0.29) is 28.9 Å². The van der Waals surface area contributed by atoms with Crippen LogP contribution < -0.4 is 5.32 Å². The molecule has 0 fully saturated rings. The average Bonchev–Trinajstić information content (AvgIpc) is 3.18. The highest BCUT2D eigenvalue weighted by molar-refractivity contribution is 7.92. The van der Waals surface area contributed by atoms with Gasteiger partial charge in [-0.15, -0.1) is 0 Å². The fraction of sp³-hybridized carbons (Fsp3) is 0.577. The first-order chi connectivity index (χ1) is 17.1. The van der Waals surface area contributed by atoms with Gasteiger partial charge in [0.15, 0.2) is 9.84 Å². The van der Waals surface area contributed by atoms with Gasteiger partial charge in [-0.05, 0) is 57.7 Å². The Morgan fingerprint density at radius 1 is 1.22 bits per heavy atom. The van der Waals surface area contributed by atoms with Crippen LogP contribution in [0.3, 0.4) is 0 Å². The van der Waals surface area contributed by atoms with E-state index in [0.29, 0.717) is 44.7 Å². The van der Waals surface area contributed by atoms with Crippen LogP contribution in [0.15, 0.2) is 29.2 Å². The summed E-state index contributed by atoms with van der Waals surface area (Å²) in [7, 11) is -3.49. The fourth-order valence-electron chi connectivity index (χ4n) is 4.10. The highest BCUT2D eigenvalue weighted by atomic mass is 32.2. The second kappa shape index (κ2) is 12.5. The minimum atomic E-state index is -3.49. The largest absolute Gasteiger partial charge is 0.462 e. The predicted molar refractivity (Wildman–Crippen MR) is 136 cm³/mol. The summed E-state index contributed by atoms with van der Waals surface area (Å²) in [5.74, 6) is -0.763. The number of esters is 1. The van der Waals surface area contributed by atoms with Gasteiger partial charge in [-0.25, -0.2) is 13.2 Å². The van der Waals surface area contributed by atoms with E-state index in [1.54, 1.807) is 26.0 Å². The lowest BCUT2D eigenvalue weighted by atomic mass is 10.1. The Kier molecular flexibility index (Phi) is 9.67. The molecule has 1 aliphatic rings. The lowest BCUT2D eigenvalue weighted by Gasteiger charge is -2.15. The third-order valence-electron chi connectivity index (χ3n) is 6.15. The summed E-state index contributed by atoms with van der Waals surface area (Å²) in [6, 6.07) is 5.94. The van der Waals surface area contributed by atoms with Crippen molar-refractivity contribution < 1.29 is 27.5 Å². The second-order valence-electron chi connectivity index (χ2n) is 9.45. The number of ether oxygens (including phenoxy) is 2. The number of amides is 1.